The van der Waals surface area contributed by atoms with Crippen molar-refractivity contribution in [3.8, 4) is 0 Å². The molecule has 1 unspecified atom stereocenters. The van der Waals surface area contributed by atoms with E-state index in [0.29, 0.717) is 17.6 Å². The standard InChI is InChI=1S/C13H21BrN4/c1-9(2)18-4-3-10(8-18)6-16-13-12(15)5-11(14)7-17-13/h5,7,9-10H,3-4,6,8,15H2,1-2H3,(H,16,17). The molecule has 1 saturated heterocycles. The summed E-state index contributed by atoms with van der Waals surface area (Å²) in [4.78, 5) is 6.81. The van der Waals surface area contributed by atoms with E-state index in [1.807, 2.05) is 6.07 Å². The van der Waals surface area contributed by atoms with E-state index in [9.17, 15) is 0 Å². The highest BCUT2D eigenvalue weighted by Gasteiger charge is 2.23. The summed E-state index contributed by atoms with van der Waals surface area (Å²) in [5.74, 6) is 1.48. The number of aromatic nitrogens is 1. The molecule has 2 rings (SSSR count). The van der Waals surface area contributed by atoms with Gasteiger partial charge in [0.15, 0.2) is 0 Å². The van der Waals surface area contributed by atoms with Gasteiger partial charge in [-0.3, -0.25) is 0 Å². The van der Waals surface area contributed by atoms with E-state index >= 15 is 0 Å². The highest BCUT2D eigenvalue weighted by atomic mass is 79.9. The van der Waals surface area contributed by atoms with Gasteiger partial charge in [0.25, 0.3) is 0 Å². The summed E-state index contributed by atoms with van der Waals surface area (Å²) in [5.41, 5.74) is 6.61. The predicted octanol–water partition coefficient (Wildman–Crippen LogP) is 2.57. The summed E-state index contributed by atoms with van der Waals surface area (Å²) in [7, 11) is 0. The monoisotopic (exact) mass is 312 g/mol. The van der Waals surface area contributed by atoms with Gasteiger partial charge in [-0.1, -0.05) is 0 Å². The third-order valence-electron chi connectivity index (χ3n) is 3.49. The van der Waals surface area contributed by atoms with Gasteiger partial charge in [0, 0.05) is 29.8 Å². The number of nitrogen functional groups attached to an aromatic ring is 1. The first-order valence-corrected chi connectivity index (χ1v) is 7.24. The van der Waals surface area contributed by atoms with Gasteiger partial charge in [-0.25, -0.2) is 4.98 Å². The van der Waals surface area contributed by atoms with Crippen molar-refractivity contribution >= 4 is 27.4 Å². The number of nitrogens with one attached hydrogen (secondary N) is 1. The van der Waals surface area contributed by atoms with Crippen LogP contribution in [0.4, 0.5) is 11.5 Å². The van der Waals surface area contributed by atoms with Crippen molar-refractivity contribution in [3.05, 3.63) is 16.7 Å². The Morgan fingerprint density at radius 3 is 3.00 bits per heavy atom. The van der Waals surface area contributed by atoms with Gasteiger partial charge in [-0.15, -0.1) is 0 Å². The van der Waals surface area contributed by atoms with E-state index < -0.39 is 0 Å². The van der Waals surface area contributed by atoms with Crippen LogP contribution in [0.1, 0.15) is 20.3 Å². The lowest BCUT2D eigenvalue weighted by Gasteiger charge is -2.20. The quantitative estimate of drug-likeness (QED) is 0.897. The lowest BCUT2D eigenvalue weighted by atomic mass is 10.1. The Labute approximate surface area is 117 Å². The van der Waals surface area contributed by atoms with Crippen molar-refractivity contribution in [1.29, 1.82) is 0 Å². The molecule has 2 heterocycles. The molecule has 4 nitrogen and oxygen atoms in total. The molecule has 1 atom stereocenters. The van der Waals surface area contributed by atoms with E-state index in [1.165, 1.54) is 19.5 Å². The largest absolute Gasteiger partial charge is 0.396 e. The molecule has 1 aliphatic heterocycles. The van der Waals surface area contributed by atoms with Crippen LogP contribution in [-0.2, 0) is 0 Å². The average molecular weight is 313 g/mol. The Morgan fingerprint density at radius 2 is 2.39 bits per heavy atom. The molecular formula is C13H21BrN4. The van der Waals surface area contributed by atoms with Crippen LogP contribution in [0.2, 0.25) is 0 Å². The molecule has 0 saturated carbocycles. The molecule has 0 aliphatic carbocycles. The highest BCUT2D eigenvalue weighted by Crippen LogP contribution is 2.22. The second kappa shape index (κ2) is 5.89. The molecule has 0 spiro atoms. The first-order chi connectivity index (χ1) is 8.56. The van der Waals surface area contributed by atoms with Crippen LogP contribution < -0.4 is 11.1 Å². The molecule has 18 heavy (non-hydrogen) atoms. The Bertz CT molecular complexity index is 408. The van der Waals surface area contributed by atoms with E-state index in [-0.39, 0.29) is 0 Å². The van der Waals surface area contributed by atoms with Crippen LogP contribution in [0.5, 0.6) is 0 Å². The Kier molecular flexibility index (Phi) is 4.45. The number of likely N-dealkylation sites (tertiary alicyclic amines) is 1. The number of nitrogens with two attached hydrogens (primary N) is 1. The summed E-state index contributed by atoms with van der Waals surface area (Å²) >= 11 is 3.36. The van der Waals surface area contributed by atoms with Gasteiger partial charge in [0.2, 0.25) is 0 Å². The van der Waals surface area contributed by atoms with Gasteiger partial charge in [0.1, 0.15) is 5.82 Å². The van der Waals surface area contributed by atoms with Crippen LogP contribution in [0.25, 0.3) is 0 Å². The minimum absolute atomic E-state index is 0.644. The molecule has 1 aromatic heterocycles. The van der Waals surface area contributed by atoms with Crippen molar-refractivity contribution in [2.45, 2.75) is 26.3 Å². The molecule has 0 amide bonds. The fourth-order valence-electron chi connectivity index (χ4n) is 2.34. The maximum Gasteiger partial charge on any atom is 0.149 e. The summed E-state index contributed by atoms with van der Waals surface area (Å²) in [6.07, 6.45) is 3.02. The van der Waals surface area contributed by atoms with E-state index in [4.69, 9.17) is 5.73 Å². The molecule has 1 fully saturated rings. The average Bonchev–Trinajstić information content (AvgIpc) is 2.76. The summed E-state index contributed by atoms with van der Waals surface area (Å²) in [6.45, 7) is 7.82. The lowest BCUT2D eigenvalue weighted by molar-refractivity contribution is 0.266. The lowest BCUT2D eigenvalue weighted by Crippen LogP contribution is -2.29. The topological polar surface area (TPSA) is 54.2 Å². The van der Waals surface area contributed by atoms with Gasteiger partial charge in [0.05, 0.1) is 5.69 Å². The number of anilines is 2. The molecule has 1 aromatic rings. The summed E-state index contributed by atoms with van der Waals surface area (Å²) < 4.78 is 0.914. The minimum Gasteiger partial charge on any atom is -0.396 e. The van der Waals surface area contributed by atoms with Crippen molar-refractivity contribution in [1.82, 2.24) is 9.88 Å². The number of hydrogen-bond donors (Lipinski definition) is 2. The van der Waals surface area contributed by atoms with Crippen LogP contribution in [-0.4, -0.2) is 35.6 Å². The molecule has 0 bridgehead atoms. The Morgan fingerprint density at radius 1 is 1.61 bits per heavy atom. The van der Waals surface area contributed by atoms with E-state index in [0.717, 1.165) is 16.8 Å². The van der Waals surface area contributed by atoms with Crippen LogP contribution in [0, 0.1) is 5.92 Å². The van der Waals surface area contributed by atoms with E-state index in [1.54, 1.807) is 6.20 Å². The normalized spacial score (nSPS) is 20.6. The molecule has 5 heteroatoms. The zero-order valence-corrected chi connectivity index (χ0v) is 12.6. The zero-order chi connectivity index (χ0) is 13.1. The number of hydrogen-bond acceptors (Lipinski definition) is 4. The third kappa shape index (κ3) is 3.36. The zero-order valence-electron chi connectivity index (χ0n) is 11.0. The first kappa shape index (κ1) is 13.6. The van der Waals surface area contributed by atoms with Crippen LogP contribution in [0.3, 0.4) is 0 Å². The van der Waals surface area contributed by atoms with Gasteiger partial charge < -0.3 is 16.0 Å². The van der Waals surface area contributed by atoms with Crippen molar-refractivity contribution in [2.24, 2.45) is 5.92 Å². The smallest absolute Gasteiger partial charge is 0.149 e. The number of pyridine rings is 1. The number of nitrogens with zero attached hydrogens (tertiary/aromatic N) is 2. The third-order valence-corrected chi connectivity index (χ3v) is 3.92. The van der Waals surface area contributed by atoms with Crippen molar-refractivity contribution in [3.63, 3.8) is 0 Å². The molecule has 3 N–H and O–H groups in total. The second-order valence-corrected chi connectivity index (χ2v) is 6.13. The first-order valence-electron chi connectivity index (χ1n) is 6.45. The Balaban J connectivity index is 1.85. The van der Waals surface area contributed by atoms with Crippen molar-refractivity contribution < 1.29 is 0 Å². The van der Waals surface area contributed by atoms with E-state index in [2.05, 4.69) is 45.0 Å². The fraction of sp³-hybridized carbons (Fsp3) is 0.615. The molecule has 0 aromatic carbocycles. The molecule has 1 aliphatic rings. The maximum atomic E-state index is 5.92. The second-order valence-electron chi connectivity index (χ2n) is 5.22. The minimum atomic E-state index is 0.644. The molecule has 100 valence electrons. The summed E-state index contributed by atoms with van der Waals surface area (Å²) in [5, 5.41) is 3.36. The Hall–Kier alpha value is -0.810. The predicted molar refractivity (Wildman–Crippen MR) is 79.7 cm³/mol. The van der Waals surface area contributed by atoms with Crippen LogP contribution >= 0.6 is 15.9 Å². The maximum absolute atomic E-state index is 5.92. The molecule has 0 radical (unpaired) electrons. The number of halogens is 1. The van der Waals surface area contributed by atoms with Gasteiger partial charge in [-0.2, -0.15) is 0 Å². The number of rotatable bonds is 4. The van der Waals surface area contributed by atoms with Crippen molar-refractivity contribution in [2.75, 3.05) is 30.7 Å². The van der Waals surface area contributed by atoms with Gasteiger partial charge >= 0.3 is 0 Å². The van der Waals surface area contributed by atoms with Crippen LogP contribution in [0.15, 0.2) is 16.7 Å². The van der Waals surface area contributed by atoms with Gasteiger partial charge in [-0.05, 0) is 54.7 Å². The highest BCUT2D eigenvalue weighted by molar-refractivity contribution is 9.10. The molecular weight excluding hydrogens is 292 g/mol. The summed E-state index contributed by atoms with van der Waals surface area (Å²) in [6, 6.07) is 2.52. The SMILES string of the molecule is CC(C)N1CCC(CNc2ncc(Br)cc2N)C1. The fourth-order valence-corrected chi connectivity index (χ4v) is 2.69.